The summed E-state index contributed by atoms with van der Waals surface area (Å²) < 4.78 is 21.2. The van der Waals surface area contributed by atoms with Gasteiger partial charge >= 0.3 is 15.0 Å². The van der Waals surface area contributed by atoms with Gasteiger partial charge in [0.15, 0.2) is 0 Å². The molecule has 0 amide bonds. The first kappa shape index (κ1) is 15.3. The molecule has 0 radical (unpaired) electrons. The van der Waals surface area contributed by atoms with E-state index in [1.165, 1.54) is 0 Å². The summed E-state index contributed by atoms with van der Waals surface area (Å²) in [5.74, 6) is -0.593. The first-order chi connectivity index (χ1) is 7.64. The standard InChI is InChI=1S/C10H20O5Si/c1-5-9-14-16(12-7-3,13-8-4)15-10(11)6-2/h6H,2,5,7-9H2,1,3-4H3. The van der Waals surface area contributed by atoms with E-state index < -0.39 is 15.0 Å². The van der Waals surface area contributed by atoms with E-state index in [4.69, 9.17) is 17.7 Å². The molecule has 94 valence electrons. The Kier molecular flexibility index (Phi) is 8.09. The highest BCUT2D eigenvalue weighted by atomic mass is 28.4. The second-order valence-electron chi connectivity index (χ2n) is 2.84. The average Bonchev–Trinajstić information content (AvgIpc) is 2.27. The van der Waals surface area contributed by atoms with Crippen molar-refractivity contribution in [3.8, 4) is 0 Å². The molecule has 6 heteroatoms. The first-order valence-corrected chi connectivity index (χ1v) is 7.04. The molecule has 0 heterocycles. The van der Waals surface area contributed by atoms with Crippen molar-refractivity contribution < 1.29 is 22.5 Å². The van der Waals surface area contributed by atoms with E-state index in [1.54, 1.807) is 13.8 Å². The molecule has 5 nitrogen and oxygen atoms in total. The zero-order chi connectivity index (χ0) is 12.4. The highest BCUT2D eigenvalue weighted by Crippen LogP contribution is 2.13. The number of carbonyl (C=O) groups is 1. The fraction of sp³-hybridized carbons (Fsp3) is 0.700. The number of hydrogen-bond donors (Lipinski definition) is 0. The molecule has 0 bridgehead atoms. The Bertz CT molecular complexity index is 213. The fourth-order valence-corrected chi connectivity index (χ4v) is 2.88. The summed E-state index contributed by atoms with van der Waals surface area (Å²) in [6, 6.07) is 0. The van der Waals surface area contributed by atoms with Gasteiger partial charge in [-0.1, -0.05) is 13.5 Å². The Labute approximate surface area is 97.8 Å². The summed E-state index contributed by atoms with van der Waals surface area (Å²) in [6.45, 7) is 10.0. The molecule has 0 unspecified atom stereocenters. The third-order valence-electron chi connectivity index (χ3n) is 1.52. The van der Waals surface area contributed by atoms with Crippen LogP contribution in [0.2, 0.25) is 0 Å². The molecule has 0 aliphatic heterocycles. The highest BCUT2D eigenvalue weighted by molar-refractivity contribution is 6.55. The van der Waals surface area contributed by atoms with Gasteiger partial charge in [-0.25, -0.2) is 4.79 Å². The third kappa shape index (κ3) is 5.41. The van der Waals surface area contributed by atoms with Crippen LogP contribution in [0.5, 0.6) is 0 Å². The van der Waals surface area contributed by atoms with E-state index in [1.807, 2.05) is 6.92 Å². The summed E-state index contributed by atoms with van der Waals surface area (Å²) in [5.41, 5.74) is 0. The van der Waals surface area contributed by atoms with Crippen molar-refractivity contribution in [3.05, 3.63) is 12.7 Å². The van der Waals surface area contributed by atoms with Gasteiger partial charge in [0, 0.05) is 25.9 Å². The van der Waals surface area contributed by atoms with Crippen molar-refractivity contribution in [2.24, 2.45) is 0 Å². The van der Waals surface area contributed by atoms with E-state index in [0.717, 1.165) is 12.5 Å². The lowest BCUT2D eigenvalue weighted by atomic mass is 10.5. The Morgan fingerprint density at radius 3 is 2.12 bits per heavy atom. The van der Waals surface area contributed by atoms with E-state index in [9.17, 15) is 4.79 Å². The molecule has 0 saturated heterocycles. The topological polar surface area (TPSA) is 54.0 Å². The fourth-order valence-electron chi connectivity index (χ4n) is 0.959. The number of hydrogen-bond acceptors (Lipinski definition) is 5. The molecular weight excluding hydrogens is 228 g/mol. The summed E-state index contributed by atoms with van der Waals surface area (Å²) in [5, 5.41) is 0. The quantitative estimate of drug-likeness (QED) is 0.459. The van der Waals surface area contributed by atoms with Crippen LogP contribution in [-0.4, -0.2) is 34.8 Å². The summed E-state index contributed by atoms with van der Waals surface area (Å²) in [4.78, 5) is 11.2. The number of carbonyl (C=O) groups excluding carboxylic acids is 1. The van der Waals surface area contributed by atoms with Gasteiger partial charge in [-0.3, -0.25) is 0 Å². The van der Waals surface area contributed by atoms with Crippen LogP contribution in [0.3, 0.4) is 0 Å². The lowest BCUT2D eigenvalue weighted by Gasteiger charge is -2.25. The Hall–Kier alpha value is -0.693. The van der Waals surface area contributed by atoms with Gasteiger partial charge < -0.3 is 17.7 Å². The number of rotatable bonds is 9. The summed E-state index contributed by atoms with van der Waals surface area (Å²) >= 11 is 0. The molecule has 0 fully saturated rings. The minimum Gasteiger partial charge on any atom is -0.449 e. The summed E-state index contributed by atoms with van der Waals surface area (Å²) in [6.07, 6.45) is 1.86. The molecule has 0 aromatic carbocycles. The van der Waals surface area contributed by atoms with Crippen LogP contribution < -0.4 is 0 Å². The van der Waals surface area contributed by atoms with Crippen molar-refractivity contribution >= 4 is 15.0 Å². The lowest BCUT2D eigenvalue weighted by Crippen LogP contribution is -2.50. The Morgan fingerprint density at radius 2 is 1.75 bits per heavy atom. The molecule has 0 atom stereocenters. The second kappa shape index (κ2) is 8.46. The zero-order valence-corrected chi connectivity index (χ0v) is 11.2. The summed E-state index contributed by atoms with van der Waals surface area (Å²) in [7, 11) is -3.32. The molecule has 0 rings (SSSR count). The highest BCUT2D eigenvalue weighted by Gasteiger charge is 2.49. The SMILES string of the molecule is C=CC(=O)O[Si](OCC)(OCC)OCCC. The first-order valence-electron chi connectivity index (χ1n) is 5.41. The maximum absolute atomic E-state index is 11.2. The second-order valence-corrected chi connectivity index (χ2v) is 4.91. The van der Waals surface area contributed by atoms with Crippen LogP contribution in [0.1, 0.15) is 27.2 Å². The van der Waals surface area contributed by atoms with Crippen molar-refractivity contribution in [1.82, 2.24) is 0 Å². The van der Waals surface area contributed by atoms with Gasteiger partial charge in [0.1, 0.15) is 0 Å². The minimum atomic E-state index is -3.32. The normalized spacial score (nSPS) is 11.2. The smallest absolute Gasteiger partial charge is 0.449 e. The van der Waals surface area contributed by atoms with Crippen LogP contribution >= 0.6 is 0 Å². The molecule has 0 aromatic rings. The van der Waals surface area contributed by atoms with Crippen LogP contribution in [0.25, 0.3) is 0 Å². The lowest BCUT2D eigenvalue weighted by molar-refractivity contribution is -0.139. The van der Waals surface area contributed by atoms with E-state index in [2.05, 4.69) is 6.58 Å². The molecule has 0 aromatic heterocycles. The van der Waals surface area contributed by atoms with E-state index in [0.29, 0.717) is 19.8 Å². The van der Waals surface area contributed by atoms with Crippen LogP contribution in [-0.2, 0) is 22.5 Å². The van der Waals surface area contributed by atoms with Gasteiger partial charge in [0.05, 0.1) is 0 Å². The van der Waals surface area contributed by atoms with Gasteiger partial charge in [0.25, 0.3) is 0 Å². The van der Waals surface area contributed by atoms with Crippen LogP contribution in [0.4, 0.5) is 0 Å². The largest absolute Gasteiger partial charge is 0.751 e. The van der Waals surface area contributed by atoms with Crippen molar-refractivity contribution in [1.29, 1.82) is 0 Å². The monoisotopic (exact) mass is 248 g/mol. The van der Waals surface area contributed by atoms with Gasteiger partial charge in [-0.15, -0.1) is 0 Å². The molecule has 0 aliphatic rings. The van der Waals surface area contributed by atoms with Crippen molar-refractivity contribution in [2.75, 3.05) is 19.8 Å². The molecule has 0 spiro atoms. The minimum absolute atomic E-state index is 0.361. The average molecular weight is 248 g/mol. The van der Waals surface area contributed by atoms with Crippen molar-refractivity contribution in [2.45, 2.75) is 27.2 Å². The van der Waals surface area contributed by atoms with Gasteiger partial charge in [-0.05, 0) is 20.3 Å². The maximum Gasteiger partial charge on any atom is 0.751 e. The van der Waals surface area contributed by atoms with Crippen molar-refractivity contribution in [3.63, 3.8) is 0 Å². The molecule has 16 heavy (non-hydrogen) atoms. The molecular formula is C10H20O5Si. The van der Waals surface area contributed by atoms with Gasteiger partial charge in [-0.2, -0.15) is 0 Å². The Morgan fingerprint density at radius 1 is 1.19 bits per heavy atom. The predicted octanol–water partition coefficient (Wildman–Crippen LogP) is 1.65. The van der Waals surface area contributed by atoms with Crippen LogP contribution in [0, 0.1) is 0 Å². The zero-order valence-electron chi connectivity index (χ0n) is 10.2. The molecule has 0 aliphatic carbocycles. The third-order valence-corrected chi connectivity index (χ3v) is 3.81. The van der Waals surface area contributed by atoms with Gasteiger partial charge in [0.2, 0.25) is 0 Å². The predicted molar refractivity (Wildman–Crippen MR) is 61.5 cm³/mol. The van der Waals surface area contributed by atoms with E-state index >= 15 is 0 Å². The maximum atomic E-state index is 11.2. The molecule has 0 saturated carbocycles. The Balaban J connectivity index is 4.61. The van der Waals surface area contributed by atoms with E-state index in [-0.39, 0.29) is 0 Å². The molecule has 0 N–H and O–H groups in total. The van der Waals surface area contributed by atoms with Crippen LogP contribution in [0.15, 0.2) is 12.7 Å².